The average Bonchev–Trinajstić information content (AvgIpc) is 2.81. The molecule has 102 valence electrons. The quantitative estimate of drug-likeness (QED) is 0.862. The highest BCUT2D eigenvalue weighted by Crippen LogP contribution is 2.22. The van der Waals surface area contributed by atoms with Crippen molar-refractivity contribution >= 4 is 0 Å². The lowest BCUT2D eigenvalue weighted by atomic mass is 9.91. The van der Waals surface area contributed by atoms with Crippen LogP contribution in [0.2, 0.25) is 0 Å². The summed E-state index contributed by atoms with van der Waals surface area (Å²) in [6.45, 7) is 6.34. The summed E-state index contributed by atoms with van der Waals surface area (Å²) < 4.78 is 1.87. The van der Waals surface area contributed by atoms with Crippen LogP contribution in [-0.4, -0.2) is 22.9 Å². The van der Waals surface area contributed by atoms with Gasteiger partial charge in [0.25, 0.3) is 0 Å². The number of benzene rings is 1. The van der Waals surface area contributed by atoms with Crippen LogP contribution in [0.1, 0.15) is 29.7 Å². The number of aryl methyl sites for hydroxylation is 2. The molecule has 0 saturated carbocycles. The van der Waals surface area contributed by atoms with Crippen molar-refractivity contribution in [3.8, 4) is 0 Å². The molecule has 2 aromatic rings. The number of aromatic nitrogens is 2. The van der Waals surface area contributed by atoms with Crippen molar-refractivity contribution in [1.29, 1.82) is 0 Å². The Morgan fingerprint density at radius 1 is 1.26 bits per heavy atom. The van der Waals surface area contributed by atoms with Gasteiger partial charge < -0.3 is 5.32 Å². The fourth-order valence-corrected chi connectivity index (χ4v) is 2.48. The van der Waals surface area contributed by atoms with Gasteiger partial charge in [-0.05, 0) is 37.1 Å². The molecule has 3 heteroatoms. The van der Waals surface area contributed by atoms with Crippen LogP contribution in [0, 0.1) is 6.92 Å². The van der Waals surface area contributed by atoms with Crippen molar-refractivity contribution in [2.75, 3.05) is 13.1 Å². The Morgan fingerprint density at radius 2 is 2.05 bits per heavy atom. The van der Waals surface area contributed by atoms with E-state index in [9.17, 15) is 0 Å². The molecule has 0 saturated heterocycles. The first-order chi connectivity index (χ1) is 9.20. The Labute approximate surface area is 115 Å². The zero-order valence-electron chi connectivity index (χ0n) is 12.1. The van der Waals surface area contributed by atoms with Gasteiger partial charge in [0.05, 0.1) is 5.69 Å². The lowest BCUT2D eigenvalue weighted by molar-refractivity contribution is 0.581. The molecule has 2 rings (SSSR count). The molecule has 0 aliphatic rings. The maximum atomic E-state index is 4.50. The van der Waals surface area contributed by atoms with E-state index < -0.39 is 0 Å². The normalized spacial score (nSPS) is 12.6. The van der Waals surface area contributed by atoms with Crippen LogP contribution in [0.15, 0.2) is 36.5 Å². The standard InChI is InChI=1S/C16H23N3/c1-4-17-12-14(11-15-9-10-19(3)18-15)16-8-6-5-7-13(16)2/h5-10,14,17H,4,11-12H2,1-3H3. The van der Waals surface area contributed by atoms with E-state index in [-0.39, 0.29) is 0 Å². The molecule has 1 unspecified atom stereocenters. The molecule has 0 fully saturated rings. The van der Waals surface area contributed by atoms with E-state index in [2.05, 4.69) is 54.6 Å². The first-order valence-electron chi connectivity index (χ1n) is 6.95. The average molecular weight is 257 g/mol. The summed E-state index contributed by atoms with van der Waals surface area (Å²) in [6.07, 6.45) is 3.00. The third-order valence-electron chi connectivity index (χ3n) is 3.49. The lowest BCUT2D eigenvalue weighted by Crippen LogP contribution is -2.23. The monoisotopic (exact) mass is 257 g/mol. The summed E-state index contributed by atoms with van der Waals surface area (Å²) in [5.41, 5.74) is 3.95. The fourth-order valence-electron chi connectivity index (χ4n) is 2.48. The maximum Gasteiger partial charge on any atom is 0.0631 e. The van der Waals surface area contributed by atoms with E-state index in [0.717, 1.165) is 25.2 Å². The van der Waals surface area contributed by atoms with Gasteiger partial charge in [0, 0.05) is 25.7 Å². The van der Waals surface area contributed by atoms with Crippen LogP contribution in [-0.2, 0) is 13.5 Å². The molecule has 0 bridgehead atoms. The number of rotatable bonds is 6. The number of hydrogen-bond donors (Lipinski definition) is 1. The van der Waals surface area contributed by atoms with Gasteiger partial charge in [0.15, 0.2) is 0 Å². The van der Waals surface area contributed by atoms with Crippen molar-refractivity contribution in [3.05, 3.63) is 53.3 Å². The number of nitrogens with zero attached hydrogens (tertiary/aromatic N) is 2. The van der Waals surface area contributed by atoms with Gasteiger partial charge in [-0.25, -0.2) is 0 Å². The predicted molar refractivity (Wildman–Crippen MR) is 79.4 cm³/mol. The van der Waals surface area contributed by atoms with E-state index >= 15 is 0 Å². The molecule has 1 N–H and O–H groups in total. The second-order valence-corrected chi connectivity index (χ2v) is 5.05. The molecule has 1 aromatic heterocycles. The molecule has 1 aromatic carbocycles. The lowest BCUT2D eigenvalue weighted by Gasteiger charge is -2.19. The Hall–Kier alpha value is -1.61. The van der Waals surface area contributed by atoms with Gasteiger partial charge in [-0.15, -0.1) is 0 Å². The van der Waals surface area contributed by atoms with Crippen LogP contribution in [0.25, 0.3) is 0 Å². The van der Waals surface area contributed by atoms with Crippen LogP contribution in [0.5, 0.6) is 0 Å². The summed E-state index contributed by atoms with van der Waals surface area (Å²) in [5, 5.41) is 7.97. The van der Waals surface area contributed by atoms with Gasteiger partial charge >= 0.3 is 0 Å². The van der Waals surface area contributed by atoms with E-state index in [1.54, 1.807) is 0 Å². The van der Waals surface area contributed by atoms with Gasteiger partial charge in [-0.3, -0.25) is 4.68 Å². The molecule has 0 spiro atoms. The van der Waals surface area contributed by atoms with E-state index in [1.807, 2.05) is 17.9 Å². The Morgan fingerprint density at radius 3 is 2.68 bits per heavy atom. The second kappa shape index (κ2) is 6.53. The number of hydrogen-bond acceptors (Lipinski definition) is 2. The third kappa shape index (κ3) is 3.67. The molecule has 3 nitrogen and oxygen atoms in total. The molecular weight excluding hydrogens is 234 g/mol. The largest absolute Gasteiger partial charge is 0.316 e. The SMILES string of the molecule is CCNCC(Cc1ccn(C)n1)c1ccccc1C. The third-order valence-corrected chi connectivity index (χ3v) is 3.49. The fraction of sp³-hybridized carbons (Fsp3) is 0.438. The summed E-state index contributed by atoms with van der Waals surface area (Å²) in [6, 6.07) is 10.8. The molecule has 0 aliphatic carbocycles. The summed E-state index contributed by atoms with van der Waals surface area (Å²) in [7, 11) is 1.97. The van der Waals surface area contributed by atoms with Crippen LogP contribution >= 0.6 is 0 Å². The van der Waals surface area contributed by atoms with Crippen LogP contribution in [0.4, 0.5) is 0 Å². The van der Waals surface area contributed by atoms with Gasteiger partial charge in [0.2, 0.25) is 0 Å². The molecular formula is C16H23N3. The van der Waals surface area contributed by atoms with E-state index in [4.69, 9.17) is 0 Å². The highest BCUT2D eigenvalue weighted by Gasteiger charge is 2.15. The minimum Gasteiger partial charge on any atom is -0.316 e. The summed E-state index contributed by atoms with van der Waals surface area (Å²) in [5.74, 6) is 0.482. The highest BCUT2D eigenvalue weighted by molar-refractivity contribution is 5.30. The molecule has 0 aliphatic heterocycles. The first-order valence-corrected chi connectivity index (χ1v) is 6.95. The van der Waals surface area contributed by atoms with E-state index in [0.29, 0.717) is 5.92 Å². The highest BCUT2D eigenvalue weighted by atomic mass is 15.2. The van der Waals surface area contributed by atoms with Gasteiger partial charge in [-0.1, -0.05) is 31.2 Å². The Bertz CT molecular complexity index is 516. The predicted octanol–water partition coefficient (Wildman–Crippen LogP) is 2.66. The number of likely N-dealkylation sites (N-methyl/N-ethyl adjacent to an activating group) is 1. The smallest absolute Gasteiger partial charge is 0.0631 e. The summed E-state index contributed by atoms with van der Waals surface area (Å²) in [4.78, 5) is 0. The zero-order valence-corrected chi connectivity index (χ0v) is 12.1. The number of nitrogens with one attached hydrogen (secondary N) is 1. The first kappa shape index (κ1) is 13.8. The van der Waals surface area contributed by atoms with Gasteiger partial charge in [0.1, 0.15) is 0 Å². The minimum atomic E-state index is 0.482. The van der Waals surface area contributed by atoms with Crippen molar-refractivity contribution in [1.82, 2.24) is 15.1 Å². The van der Waals surface area contributed by atoms with Crippen LogP contribution in [0.3, 0.4) is 0 Å². The van der Waals surface area contributed by atoms with Crippen LogP contribution < -0.4 is 5.32 Å². The van der Waals surface area contributed by atoms with Gasteiger partial charge in [-0.2, -0.15) is 5.10 Å². The minimum absolute atomic E-state index is 0.482. The van der Waals surface area contributed by atoms with E-state index in [1.165, 1.54) is 11.1 Å². The molecule has 0 amide bonds. The van der Waals surface area contributed by atoms with Crippen molar-refractivity contribution in [2.45, 2.75) is 26.2 Å². The Balaban J connectivity index is 2.18. The molecule has 1 heterocycles. The topological polar surface area (TPSA) is 29.9 Å². The summed E-state index contributed by atoms with van der Waals surface area (Å²) >= 11 is 0. The van der Waals surface area contributed by atoms with Crippen molar-refractivity contribution in [2.24, 2.45) is 7.05 Å². The second-order valence-electron chi connectivity index (χ2n) is 5.05. The maximum absolute atomic E-state index is 4.50. The zero-order chi connectivity index (χ0) is 13.7. The molecule has 19 heavy (non-hydrogen) atoms. The Kier molecular flexibility index (Phi) is 4.74. The molecule has 1 atom stereocenters. The van der Waals surface area contributed by atoms with Crippen molar-refractivity contribution in [3.63, 3.8) is 0 Å². The molecule has 0 radical (unpaired) electrons. The van der Waals surface area contributed by atoms with Crippen molar-refractivity contribution < 1.29 is 0 Å².